The van der Waals surface area contributed by atoms with Gasteiger partial charge in [-0.05, 0) is 43.6 Å². The van der Waals surface area contributed by atoms with E-state index >= 15 is 0 Å². The highest BCUT2D eigenvalue weighted by atomic mass is 32.2. The molecule has 3 nitrogen and oxygen atoms in total. The molecule has 5 heteroatoms. The van der Waals surface area contributed by atoms with Crippen LogP contribution in [0, 0.1) is 0 Å². The van der Waals surface area contributed by atoms with E-state index in [2.05, 4.69) is 17.1 Å². The molecule has 1 fully saturated rings. The number of fused-ring (bicyclic) bond motifs is 1. The topological polar surface area (TPSA) is 34.1 Å². The summed E-state index contributed by atoms with van der Waals surface area (Å²) in [6.07, 6.45) is 6.14. The summed E-state index contributed by atoms with van der Waals surface area (Å²) < 4.78 is 5.19. The van der Waals surface area contributed by atoms with Crippen molar-refractivity contribution < 1.29 is 4.74 Å². The van der Waals surface area contributed by atoms with Crippen LogP contribution in [0.25, 0.3) is 0 Å². The molecular formula is C14H22N2OS2. The number of nitrogens with zero attached hydrogens (tertiary/aromatic N) is 1. The lowest BCUT2D eigenvalue weighted by Crippen LogP contribution is -2.46. The lowest BCUT2D eigenvalue weighted by Gasteiger charge is -2.36. The maximum absolute atomic E-state index is 5.19. The van der Waals surface area contributed by atoms with Crippen LogP contribution in [-0.2, 0) is 23.1 Å². The van der Waals surface area contributed by atoms with Crippen LogP contribution in [-0.4, -0.2) is 36.8 Å². The number of ether oxygens (including phenoxy) is 1. The molecule has 1 aliphatic carbocycles. The van der Waals surface area contributed by atoms with Crippen LogP contribution in [0.1, 0.15) is 34.8 Å². The molecule has 2 aliphatic rings. The number of methoxy groups -OCH3 is 1. The Morgan fingerprint density at radius 2 is 2.16 bits per heavy atom. The minimum absolute atomic E-state index is 0.124. The predicted octanol–water partition coefficient (Wildman–Crippen LogP) is 2.59. The number of thiazole rings is 1. The van der Waals surface area contributed by atoms with Crippen LogP contribution in [0.4, 0.5) is 0 Å². The highest BCUT2D eigenvalue weighted by Gasteiger charge is 2.37. The van der Waals surface area contributed by atoms with Gasteiger partial charge in [0, 0.05) is 18.5 Å². The lowest BCUT2D eigenvalue weighted by atomic mass is 9.93. The summed E-state index contributed by atoms with van der Waals surface area (Å²) in [6.45, 7) is 1.70. The summed E-state index contributed by atoms with van der Waals surface area (Å²) >= 11 is 4.03. The molecule has 1 saturated heterocycles. The van der Waals surface area contributed by atoms with E-state index in [0.29, 0.717) is 0 Å². The number of aryl methyl sites for hydroxylation is 2. The summed E-state index contributed by atoms with van der Waals surface area (Å²) in [5, 5.41) is 5.09. The van der Waals surface area contributed by atoms with E-state index < -0.39 is 0 Å². The van der Waals surface area contributed by atoms with Gasteiger partial charge in [-0.3, -0.25) is 0 Å². The van der Waals surface area contributed by atoms with Gasteiger partial charge in [0.2, 0.25) is 0 Å². The molecule has 19 heavy (non-hydrogen) atoms. The highest BCUT2D eigenvalue weighted by Crippen LogP contribution is 2.40. The first kappa shape index (κ1) is 13.9. The molecule has 106 valence electrons. The molecule has 0 radical (unpaired) electrons. The van der Waals surface area contributed by atoms with Gasteiger partial charge in [-0.2, -0.15) is 11.8 Å². The molecule has 2 heterocycles. The fourth-order valence-corrected chi connectivity index (χ4v) is 5.54. The maximum atomic E-state index is 5.19. The molecule has 3 rings (SSSR count). The van der Waals surface area contributed by atoms with Crippen molar-refractivity contribution in [1.82, 2.24) is 10.3 Å². The van der Waals surface area contributed by atoms with Gasteiger partial charge in [-0.25, -0.2) is 4.98 Å². The van der Waals surface area contributed by atoms with E-state index in [0.717, 1.165) is 13.2 Å². The van der Waals surface area contributed by atoms with Gasteiger partial charge in [-0.15, -0.1) is 11.3 Å². The average molecular weight is 298 g/mol. The Morgan fingerprint density at radius 3 is 2.89 bits per heavy atom. The smallest absolute Gasteiger partial charge is 0.113 e. The van der Waals surface area contributed by atoms with Crippen LogP contribution >= 0.6 is 23.1 Å². The molecular weight excluding hydrogens is 276 g/mol. The Balaban J connectivity index is 1.80. The molecule has 1 aliphatic heterocycles. The minimum atomic E-state index is 0.124. The van der Waals surface area contributed by atoms with E-state index in [1.165, 1.54) is 54.3 Å². The van der Waals surface area contributed by atoms with Crippen LogP contribution in [0.2, 0.25) is 0 Å². The van der Waals surface area contributed by atoms with Crippen molar-refractivity contribution >= 4 is 23.1 Å². The van der Waals surface area contributed by atoms with Crippen molar-refractivity contribution in [1.29, 1.82) is 0 Å². The second-order valence-electron chi connectivity index (χ2n) is 5.36. The van der Waals surface area contributed by atoms with Crippen molar-refractivity contribution in [3.8, 4) is 0 Å². The molecule has 0 aromatic carbocycles. The molecule has 0 unspecified atom stereocenters. The van der Waals surface area contributed by atoms with Crippen molar-refractivity contribution in [2.45, 2.75) is 37.6 Å². The Morgan fingerprint density at radius 1 is 1.32 bits per heavy atom. The molecule has 1 N–H and O–H groups in total. The molecule has 0 bridgehead atoms. The average Bonchev–Trinajstić information content (AvgIpc) is 3.01. The van der Waals surface area contributed by atoms with Gasteiger partial charge in [0.15, 0.2) is 0 Å². The molecule has 0 spiro atoms. The largest absolute Gasteiger partial charge is 0.383 e. The SMILES string of the molecule is COCCNC1(c2nc3c(s2)CCC3)CCSCC1. The predicted molar refractivity (Wildman–Crippen MR) is 82.3 cm³/mol. The first-order valence-corrected chi connectivity index (χ1v) is 9.12. The minimum Gasteiger partial charge on any atom is -0.383 e. The normalized spacial score (nSPS) is 21.5. The van der Waals surface area contributed by atoms with Crippen molar-refractivity contribution in [2.24, 2.45) is 0 Å². The standard InChI is InChI=1S/C14H22N2OS2/c1-17-8-7-15-14(5-9-18-10-6-14)13-16-11-3-2-4-12(11)19-13/h15H,2-10H2,1H3. The van der Waals surface area contributed by atoms with Crippen molar-refractivity contribution in [2.75, 3.05) is 31.8 Å². The zero-order chi connectivity index (χ0) is 13.1. The van der Waals surface area contributed by atoms with Gasteiger partial charge in [0.05, 0.1) is 17.8 Å². The van der Waals surface area contributed by atoms with Gasteiger partial charge in [0.1, 0.15) is 5.01 Å². The molecule has 0 saturated carbocycles. The summed E-state index contributed by atoms with van der Waals surface area (Å²) in [5.74, 6) is 2.48. The zero-order valence-corrected chi connectivity index (χ0v) is 13.2. The Bertz CT molecular complexity index is 406. The molecule has 1 aromatic rings. The van der Waals surface area contributed by atoms with Gasteiger partial charge >= 0.3 is 0 Å². The quantitative estimate of drug-likeness (QED) is 0.847. The first-order valence-electron chi connectivity index (χ1n) is 7.15. The summed E-state index contributed by atoms with van der Waals surface area (Å²) in [7, 11) is 1.77. The number of thioether (sulfide) groups is 1. The van der Waals surface area contributed by atoms with Crippen LogP contribution in [0.5, 0.6) is 0 Å². The van der Waals surface area contributed by atoms with Crippen LogP contribution in [0.3, 0.4) is 0 Å². The monoisotopic (exact) mass is 298 g/mol. The molecule has 0 atom stereocenters. The second kappa shape index (κ2) is 6.12. The van der Waals surface area contributed by atoms with E-state index in [1.807, 2.05) is 11.3 Å². The fraction of sp³-hybridized carbons (Fsp3) is 0.786. The maximum Gasteiger partial charge on any atom is 0.113 e. The molecule has 1 aromatic heterocycles. The fourth-order valence-electron chi connectivity index (χ4n) is 2.97. The van der Waals surface area contributed by atoms with Crippen LogP contribution in [0.15, 0.2) is 0 Å². The lowest BCUT2D eigenvalue weighted by molar-refractivity contribution is 0.179. The third kappa shape index (κ3) is 2.84. The van der Waals surface area contributed by atoms with E-state index in [1.54, 1.807) is 12.0 Å². The molecule has 0 amide bonds. The summed E-state index contributed by atoms with van der Waals surface area (Å²) in [4.78, 5) is 6.51. The highest BCUT2D eigenvalue weighted by molar-refractivity contribution is 7.99. The van der Waals surface area contributed by atoms with Crippen molar-refractivity contribution in [3.05, 3.63) is 15.6 Å². The second-order valence-corrected chi connectivity index (χ2v) is 7.66. The zero-order valence-electron chi connectivity index (χ0n) is 11.5. The Hall–Kier alpha value is -0.100. The van der Waals surface area contributed by atoms with E-state index in [4.69, 9.17) is 9.72 Å². The third-order valence-electron chi connectivity index (χ3n) is 4.12. The summed E-state index contributed by atoms with van der Waals surface area (Å²) in [5.41, 5.74) is 1.50. The van der Waals surface area contributed by atoms with Gasteiger partial charge < -0.3 is 10.1 Å². The summed E-state index contributed by atoms with van der Waals surface area (Å²) in [6, 6.07) is 0. The first-order chi connectivity index (χ1) is 9.34. The van der Waals surface area contributed by atoms with Gasteiger partial charge in [-0.1, -0.05) is 0 Å². The number of rotatable bonds is 5. The number of aromatic nitrogens is 1. The van der Waals surface area contributed by atoms with E-state index in [9.17, 15) is 0 Å². The Labute approximate surface area is 123 Å². The van der Waals surface area contributed by atoms with Crippen molar-refractivity contribution in [3.63, 3.8) is 0 Å². The Kier molecular flexibility index (Phi) is 4.47. The number of hydrogen-bond acceptors (Lipinski definition) is 5. The number of hydrogen-bond donors (Lipinski definition) is 1. The third-order valence-corrected chi connectivity index (χ3v) is 6.47. The number of nitrogens with one attached hydrogen (secondary N) is 1. The van der Waals surface area contributed by atoms with E-state index in [-0.39, 0.29) is 5.54 Å². The van der Waals surface area contributed by atoms with Crippen LogP contribution < -0.4 is 5.32 Å². The van der Waals surface area contributed by atoms with Gasteiger partial charge in [0.25, 0.3) is 0 Å².